The van der Waals surface area contributed by atoms with Gasteiger partial charge in [0, 0.05) is 18.5 Å². The van der Waals surface area contributed by atoms with Gasteiger partial charge in [0.1, 0.15) is 11.5 Å². The monoisotopic (exact) mass is 272 g/mol. The predicted molar refractivity (Wildman–Crippen MR) is 72.6 cm³/mol. The smallest absolute Gasteiger partial charge is 0.273 e. The lowest BCUT2D eigenvalue weighted by atomic mass is 10.1. The molecule has 1 saturated carbocycles. The summed E-state index contributed by atoms with van der Waals surface area (Å²) in [5.41, 5.74) is 1.14. The molecule has 1 fully saturated rings. The summed E-state index contributed by atoms with van der Waals surface area (Å²) in [6.07, 6.45) is 2.80. The molecule has 0 saturated heterocycles. The minimum atomic E-state index is -0.240. The average molecular weight is 272 g/mol. The van der Waals surface area contributed by atoms with Gasteiger partial charge in [-0.3, -0.25) is 4.79 Å². The number of nitrogens with one attached hydrogen (secondary N) is 1. The zero-order valence-electron chi connectivity index (χ0n) is 11.0. The molecule has 0 spiro atoms. The Balaban J connectivity index is 1.52. The first kappa shape index (κ1) is 12.7. The van der Waals surface area contributed by atoms with Crippen molar-refractivity contribution < 1.29 is 14.4 Å². The van der Waals surface area contributed by atoms with Gasteiger partial charge in [0.05, 0.1) is 0 Å². The van der Waals surface area contributed by atoms with E-state index in [2.05, 4.69) is 10.5 Å². The molecule has 1 aromatic carbocycles. The summed E-state index contributed by atoms with van der Waals surface area (Å²) in [5.74, 6) is 1.26. The van der Waals surface area contributed by atoms with Crippen molar-refractivity contribution in [3.8, 4) is 5.75 Å². The van der Waals surface area contributed by atoms with Crippen LogP contribution in [-0.4, -0.2) is 22.7 Å². The number of hydrogen-bond donors (Lipinski definition) is 2. The van der Waals surface area contributed by atoms with Crippen LogP contribution in [0.4, 0.5) is 0 Å². The number of carbonyl (C=O) groups excluding carboxylic acids is 1. The van der Waals surface area contributed by atoms with Crippen LogP contribution in [0.2, 0.25) is 0 Å². The van der Waals surface area contributed by atoms with Crippen LogP contribution in [0.25, 0.3) is 0 Å². The van der Waals surface area contributed by atoms with Gasteiger partial charge in [-0.05, 0) is 30.9 Å². The number of rotatable bonds is 5. The molecule has 1 aliphatic rings. The summed E-state index contributed by atoms with van der Waals surface area (Å²) in [6, 6.07) is 8.81. The minimum Gasteiger partial charge on any atom is -0.508 e. The summed E-state index contributed by atoms with van der Waals surface area (Å²) in [6.45, 7) is 0.446. The number of benzene rings is 1. The summed E-state index contributed by atoms with van der Waals surface area (Å²) in [7, 11) is 0. The summed E-state index contributed by atoms with van der Waals surface area (Å²) < 4.78 is 5.14. The fraction of sp³-hybridized carbons (Fsp3) is 0.333. The van der Waals surface area contributed by atoms with Crippen LogP contribution in [0.1, 0.15) is 40.6 Å². The van der Waals surface area contributed by atoms with E-state index in [0.29, 0.717) is 24.6 Å². The SMILES string of the molecule is O=C(NCCc1ccccc1O)c1cc(C2CC2)on1. The standard InChI is InChI=1S/C15H16N2O3/c18-13-4-2-1-3-10(13)7-8-16-15(19)12-9-14(20-17-12)11-5-6-11/h1-4,9,11,18H,5-8H2,(H,16,19). The molecule has 0 atom stereocenters. The van der Waals surface area contributed by atoms with Gasteiger partial charge < -0.3 is 14.9 Å². The second kappa shape index (κ2) is 5.36. The Morgan fingerprint density at radius 2 is 2.20 bits per heavy atom. The Morgan fingerprint density at radius 1 is 1.40 bits per heavy atom. The van der Waals surface area contributed by atoms with Gasteiger partial charge in [0.2, 0.25) is 0 Å². The minimum absolute atomic E-state index is 0.240. The zero-order valence-corrected chi connectivity index (χ0v) is 11.0. The van der Waals surface area contributed by atoms with Crippen LogP contribution >= 0.6 is 0 Å². The molecule has 0 unspecified atom stereocenters. The van der Waals surface area contributed by atoms with Crippen molar-refractivity contribution in [2.45, 2.75) is 25.2 Å². The zero-order chi connectivity index (χ0) is 13.9. The fourth-order valence-corrected chi connectivity index (χ4v) is 2.08. The largest absolute Gasteiger partial charge is 0.508 e. The highest BCUT2D eigenvalue weighted by molar-refractivity contribution is 5.92. The van der Waals surface area contributed by atoms with Gasteiger partial charge in [-0.25, -0.2) is 0 Å². The maximum absolute atomic E-state index is 11.9. The van der Waals surface area contributed by atoms with Crippen molar-refractivity contribution in [3.05, 3.63) is 47.3 Å². The average Bonchev–Trinajstić information content (AvgIpc) is 3.18. The number of nitrogens with zero attached hydrogens (tertiary/aromatic N) is 1. The lowest BCUT2D eigenvalue weighted by Gasteiger charge is -2.05. The van der Waals surface area contributed by atoms with E-state index in [1.807, 2.05) is 12.1 Å². The topological polar surface area (TPSA) is 75.4 Å². The van der Waals surface area contributed by atoms with Crippen molar-refractivity contribution >= 4 is 5.91 Å². The van der Waals surface area contributed by atoms with E-state index >= 15 is 0 Å². The Bertz CT molecular complexity index is 617. The molecule has 0 radical (unpaired) electrons. The Kier molecular flexibility index (Phi) is 3.41. The van der Waals surface area contributed by atoms with Crippen LogP contribution in [0.3, 0.4) is 0 Å². The molecule has 5 nitrogen and oxygen atoms in total. The predicted octanol–water partition coefficient (Wildman–Crippen LogP) is 2.23. The van der Waals surface area contributed by atoms with Crippen LogP contribution in [0, 0.1) is 0 Å². The number of hydrogen-bond acceptors (Lipinski definition) is 4. The van der Waals surface area contributed by atoms with Crippen LogP contribution in [0.15, 0.2) is 34.9 Å². The van der Waals surface area contributed by atoms with Gasteiger partial charge >= 0.3 is 0 Å². The molecular weight excluding hydrogens is 256 g/mol. The molecule has 1 aliphatic carbocycles. The third-order valence-corrected chi connectivity index (χ3v) is 3.41. The number of para-hydroxylation sites is 1. The Morgan fingerprint density at radius 3 is 2.95 bits per heavy atom. The molecule has 2 N–H and O–H groups in total. The quantitative estimate of drug-likeness (QED) is 0.875. The fourth-order valence-electron chi connectivity index (χ4n) is 2.08. The van der Waals surface area contributed by atoms with Crippen LogP contribution < -0.4 is 5.32 Å². The van der Waals surface area contributed by atoms with Crippen LogP contribution in [-0.2, 0) is 6.42 Å². The molecule has 1 heterocycles. The lowest BCUT2D eigenvalue weighted by Crippen LogP contribution is -2.25. The van der Waals surface area contributed by atoms with E-state index in [9.17, 15) is 9.90 Å². The first-order chi connectivity index (χ1) is 9.74. The van der Waals surface area contributed by atoms with E-state index in [1.165, 1.54) is 0 Å². The number of carbonyl (C=O) groups is 1. The third-order valence-electron chi connectivity index (χ3n) is 3.41. The van der Waals surface area contributed by atoms with Gasteiger partial charge in [0.15, 0.2) is 5.69 Å². The molecular formula is C15H16N2O3. The summed E-state index contributed by atoms with van der Waals surface area (Å²) in [4.78, 5) is 11.9. The molecule has 0 aliphatic heterocycles. The first-order valence-electron chi connectivity index (χ1n) is 6.76. The molecule has 20 heavy (non-hydrogen) atoms. The molecule has 1 amide bonds. The third kappa shape index (κ3) is 2.82. The molecule has 0 bridgehead atoms. The van der Waals surface area contributed by atoms with E-state index in [1.54, 1.807) is 18.2 Å². The number of amides is 1. The van der Waals surface area contributed by atoms with Crippen molar-refractivity contribution in [1.29, 1.82) is 0 Å². The van der Waals surface area contributed by atoms with Crippen molar-refractivity contribution in [1.82, 2.24) is 10.5 Å². The van der Waals surface area contributed by atoms with Gasteiger partial charge in [-0.15, -0.1) is 0 Å². The highest BCUT2D eigenvalue weighted by atomic mass is 16.5. The maximum Gasteiger partial charge on any atom is 0.273 e. The second-order valence-corrected chi connectivity index (χ2v) is 5.02. The number of aromatic hydroxyl groups is 1. The highest BCUT2D eigenvalue weighted by Crippen LogP contribution is 2.40. The highest BCUT2D eigenvalue weighted by Gasteiger charge is 2.28. The Labute approximate surface area is 116 Å². The first-order valence-corrected chi connectivity index (χ1v) is 6.76. The van der Waals surface area contributed by atoms with Gasteiger partial charge in [0.25, 0.3) is 5.91 Å². The normalized spacial score (nSPS) is 14.2. The molecule has 1 aromatic heterocycles. The molecule has 2 aromatic rings. The van der Waals surface area contributed by atoms with Gasteiger partial charge in [-0.1, -0.05) is 23.4 Å². The molecule has 5 heteroatoms. The Hall–Kier alpha value is -2.30. The van der Waals surface area contributed by atoms with E-state index in [0.717, 1.165) is 24.2 Å². The second-order valence-electron chi connectivity index (χ2n) is 5.02. The van der Waals surface area contributed by atoms with Gasteiger partial charge in [-0.2, -0.15) is 0 Å². The lowest BCUT2D eigenvalue weighted by molar-refractivity contribution is 0.0945. The maximum atomic E-state index is 11.9. The summed E-state index contributed by atoms with van der Waals surface area (Å²) >= 11 is 0. The van der Waals surface area contributed by atoms with E-state index in [4.69, 9.17) is 4.52 Å². The van der Waals surface area contributed by atoms with Crippen molar-refractivity contribution in [3.63, 3.8) is 0 Å². The van der Waals surface area contributed by atoms with E-state index < -0.39 is 0 Å². The number of aromatic nitrogens is 1. The number of phenolic OH excluding ortho intramolecular Hbond substituents is 1. The summed E-state index contributed by atoms with van der Waals surface area (Å²) in [5, 5.41) is 16.2. The number of phenols is 1. The molecule has 104 valence electrons. The van der Waals surface area contributed by atoms with Crippen molar-refractivity contribution in [2.75, 3.05) is 6.54 Å². The van der Waals surface area contributed by atoms with Crippen molar-refractivity contribution in [2.24, 2.45) is 0 Å². The molecule has 3 rings (SSSR count). The van der Waals surface area contributed by atoms with E-state index in [-0.39, 0.29) is 11.7 Å². The van der Waals surface area contributed by atoms with Crippen LogP contribution in [0.5, 0.6) is 5.75 Å².